The van der Waals surface area contributed by atoms with Crippen molar-refractivity contribution in [3.8, 4) is 0 Å². The van der Waals surface area contributed by atoms with Gasteiger partial charge in [0.15, 0.2) is 0 Å². The van der Waals surface area contributed by atoms with Crippen LogP contribution in [0.25, 0.3) is 0 Å². The van der Waals surface area contributed by atoms with E-state index in [0.29, 0.717) is 6.61 Å². The van der Waals surface area contributed by atoms with Crippen LogP contribution in [-0.2, 0) is 16.1 Å². The molecule has 0 aliphatic carbocycles. The van der Waals surface area contributed by atoms with E-state index in [1.54, 1.807) is 0 Å². The van der Waals surface area contributed by atoms with Gasteiger partial charge in [0.2, 0.25) is 5.91 Å². The van der Waals surface area contributed by atoms with Gasteiger partial charge < -0.3 is 15.4 Å². The molecule has 1 aromatic heterocycles. The Morgan fingerprint density at radius 3 is 2.65 bits per heavy atom. The number of likely N-dealkylation sites (tertiary alicyclic amines) is 1. The predicted molar refractivity (Wildman–Crippen MR) is 110 cm³/mol. The van der Waals surface area contributed by atoms with Crippen LogP contribution in [0.3, 0.4) is 0 Å². The Labute approximate surface area is 174 Å². The van der Waals surface area contributed by atoms with E-state index in [0.717, 1.165) is 44.7 Å². The lowest BCUT2D eigenvalue weighted by atomic mass is 10.0. The highest BCUT2D eigenvalue weighted by molar-refractivity contribution is 5.86. The fourth-order valence-electron chi connectivity index (χ4n) is 3.27. The molecule has 26 heavy (non-hydrogen) atoms. The number of piperidine rings is 1. The van der Waals surface area contributed by atoms with Crippen molar-refractivity contribution in [2.45, 2.75) is 44.5 Å². The van der Waals surface area contributed by atoms with E-state index in [1.807, 2.05) is 25.3 Å². The van der Waals surface area contributed by atoms with Crippen LogP contribution in [0.1, 0.15) is 25.5 Å². The smallest absolute Gasteiger partial charge is 0.240 e. The second-order valence-electron chi connectivity index (χ2n) is 6.39. The van der Waals surface area contributed by atoms with Gasteiger partial charge in [0.25, 0.3) is 0 Å². The van der Waals surface area contributed by atoms with Crippen LogP contribution >= 0.6 is 37.2 Å². The second-order valence-corrected chi connectivity index (χ2v) is 6.39. The van der Waals surface area contributed by atoms with Gasteiger partial charge in [-0.1, -0.05) is 6.07 Å². The Kier molecular flexibility index (Phi) is 12.4. The van der Waals surface area contributed by atoms with Crippen LogP contribution in [0.5, 0.6) is 0 Å². The molecule has 9 heteroatoms. The minimum Gasteiger partial charge on any atom is -0.375 e. The molecule has 0 spiro atoms. The molecule has 1 amide bonds. The van der Waals surface area contributed by atoms with Crippen LogP contribution in [0.15, 0.2) is 24.4 Å². The second kappa shape index (κ2) is 12.7. The highest BCUT2D eigenvalue weighted by Crippen LogP contribution is 2.14. The number of halogens is 3. The van der Waals surface area contributed by atoms with Gasteiger partial charge in [0.05, 0.1) is 18.4 Å². The summed E-state index contributed by atoms with van der Waals surface area (Å²) in [5, 5.41) is 6.42. The number of nitrogens with one attached hydrogen (secondary N) is 2. The minimum absolute atomic E-state index is 0. The van der Waals surface area contributed by atoms with Gasteiger partial charge in [-0.3, -0.25) is 14.7 Å². The molecule has 3 rings (SSSR count). The average Bonchev–Trinajstić information content (AvgIpc) is 2.58. The molecule has 2 N–H and O–H groups in total. The summed E-state index contributed by atoms with van der Waals surface area (Å²) in [4.78, 5) is 19.1. The zero-order valence-electron chi connectivity index (χ0n) is 14.9. The normalized spacial score (nSPS) is 23.7. The summed E-state index contributed by atoms with van der Waals surface area (Å²) >= 11 is 0. The fraction of sp³-hybridized carbons (Fsp3) is 0.647. The molecule has 0 aromatic carbocycles. The number of hydrogen-bond donors (Lipinski definition) is 2. The molecule has 2 fully saturated rings. The number of amides is 1. The maximum absolute atomic E-state index is 12.4. The summed E-state index contributed by atoms with van der Waals surface area (Å²) < 4.78 is 5.55. The summed E-state index contributed by atoms with van der Waals surface area (Å²) in [6.07, 6.45) is 3.75. The zero-order chi connectivity index (χ0) is 16.1. The summed E-state index contributed by atoms with van der Waals surface area (Å²) in [5.41, 5.74) is 1.10. The highest BCUT2D eigenvalue weighted by Gasteiger charge is 2.30. The molecule has 6 nitrogen and oxygen atoms in total. The molecule has 2 atom stereocenters. The summed E-state index contributed by atoms with van der Waals surface area (Å²) in [6.45, 7) is 6.24. The van der Waals surface area contributed by atoms with Gasteiger partial charge in [-0.15, -0.1) is 37.2 Å². The summed E-state index contributed by atoms with van der Waals surface area (Å²) in [7, 11) is 0. The summed E-state index contributed by atoms with van der Waals surface area (Å²) in [5.74, 6) is 0.0698. The lowest BCUT2D eigenvalue weighted by Crippen LogP contribution is -2.58. The molecule has 0 radical (unpaired) electrons. The van der Waals surface area contributed by atoms with Gasteiger partial charge in [-0.25, -0.2) is 0 Å². The molecule has 3 heterocycles. The molecular formula is C17H29Cl3N4O2. The third-order valence-electron chi connectivity index (χ3n) is 4.64. The zero-order valence-corrected chi connectivity index (χ0v) is 17.4. The van der Waals surface area contributed by atoms with E-state index in [9.17, 15) is 4.79 Å². The Bertz CT molecular complexity index is 516. The third-order valence-corrected chi connectivity index (χ3v) is 4.64. The Morgan fingerprint density at radius 2 is 2.04 bits per heavy atom. The average molecular weight is 428 g/mol. The lowest BCUT2D eigenvalue weighted by Gasteiger charge is -2.34. The molecule has 1 aromatic rings. The molecule has 2 saturated heterocycles. The number of ether oxygens (including phenoxy) is 1. The third kappa shape index (κ3) is 7.18. The van der Waals surface area contributed by atoms with E-state index in [-0.39, 0.29) is 61.3 Å². The Morgan fingerprint density at radius 1 is 1.31 bits per heavy atom. The molecule has 0 unspecified atom stereocenters. The van der Waals surface area contributed by atoms with Crippen LogP contribution in [-0.4, -0.2) is 60.2 Å². The van der Waals surface area contributed by atoms with Gasteiger partial charge in [0.1, 0.15) is 6.04 Å². The van der Waals surface area contributed by atoms with E-state index in [4.69, 9.17) is 4.74 Å². The minimum atomic E-state index is -0.227. The van der Waals surface area contributed by atoms with Crippen LogP contribution in [0, 0.1) is 0 Å². The first-order valence-corrected chi connectivity index (χ1v) is 8.50. The fourth-order valence-corrected chi connectivity index (χ4v) is 3.27. The molecule has 2 aliphatic rings. The van der Waals surface area contributed by atoms with Crippen molar-refractivity contribution >= 4 is 43.1 Å². The van der Waals surface area contributed by atoms with Crippen molar-refractivity contribution in [2.75, 3.05) is 26.2 Å². The number of rotatable bonds is 4. The largest absolute Gasteiger partial charge is 0.375 e. The molecule has 0 bridgehead atoms. The lowest BCUT2D eigenvalue weighted by molar-refractivity contribution is -0.130. The maximum Gasteiger partial charge on any atom is 0.240 e. The van der Waals surface area contributed by atoms with Gasteiger partial charge in [-0.05, 0) is 31.9 Å². The number of hydrogen-bond acceptors (Lipinski definition) is 5. The number of aromatic nitrogens is 1. The van der Waals surface area contributed by atoms with Crippen LogP contribution < -0.4 is 10.6 Å². The van der Waals surface area contributed by atoms with Gasteiger partial charge >= 0.3 is 0 Å². The van der Waals surface area contributed by atoms with Crippen molar-refractivity contribution in [2.24, 2.45) is 0 Å². The number of morpholine rings is 1. The number of carbonyl (C=O) groups is 1. The van der Waals surface area contributed by atoms with E-state index in [1.165, 1.54) is 0 Å². The Balaban J connectivity index is 0.00000208. The van der Waals surface area contributed by atoms with Crippen molar-refractivity contribution in [1.29, 1.82) is 0 Å². The quantitative estimate of drug-likeness (QED) is 0.767. The first kappa shape index (κ1) is 25.4. The first-order chi connectivity index (χ1) is 11.2. The standard InChI is InChI=1S/C17H26N4O2.3ClH/c1-13-16(19-8-11-23-13)17(22)20-14-5-9-21(10-6-14)12-15-4-2-3-7-18-15;;;/h2-4,7,13-14,16,19H,5-6,8-12H2,1H3,(H,20,22);3*1H/t13-,16+;;;/m1.../s1. The van der Waals surface area contributed by atoms with Crippen LogP contribution in [0.2, 0.25) is 0 Å². The highest BCUT2D eigenvalue weighted by atomic mass is 35.5. The SMILES string of the molecule is C[C@H]1OCCN[C@@H]1C(=O)NC1CCN(Cc2ccccn2)CC1.Cl.Cl.Cl. The van der Waals surface area contributed by atoms with Crippen molar-refractivity contribution < 1.29 is 9.53 Å². The topological polar surface area (TPSA) is 66.5 Å². The van der Waals surface area contributed by atoms with Gasteiger partial charge in [0, 0.05) is 38.4 Å². The Hall–Kier alpha value is -0.630. The molecule has 150 valence electrons. The van der Waals surface area contributed by atoms with E-state index >= 15 is 0 Å². The molecule has 0 saturated carbocycles. The van der Waals surface area contributed by atoms with E-state index < -0.39 is 0 Å². The predicted octanol–water partition coefficient (Wildman–Crippen LogP) is 1.80. The molecular weight excluding hydrogens is 399 g/mol. The molecule has 2 aliphatic heterocycles. The maximum atomic E-state index is 12.4. The number of nitrogens with zero attached hydrogens (tertiary/aromatic N) is 2. The number of carbonyl (C=O) groups excluding carboxylic acids is 1. The van der Waals surface area contributed by atoms with E-state index in [2.05, 4.69) is 26.6 Å². The van der Waals surface area contributed by atoms with Crippen molar-refractivity contribution in [1.82, 2.24) is 20.5 Å². The van der Waals surface area contributed by atoms with Crippen LogP contribution in [0.4, 0.5) is 0 Å². The van der Waals surface area contributed by atoms with Crippen molar-refractivity contribution in [3.63, 3.8) is 0 Å². The van der Waals surface area contributed by atoms with Gasteiger partial charge in [-0.2, -0.15) is 0 Å². The first-order valence-electron chi connectivity index (χ1n) is 8.50. The number of pyridine rings is 1. The van der Waals surface area contributed by atoms with Crippen molar-refractivity contribution in [3.05, 3.63) is 30.1 Å². The summed E-state index contributed by atoms with van der Waals surface area (Å²) in [6, 6.07) is 6.06. The monoisotopic (exact) mass is 426 g/mol.